The van der Waals surface area contributed by atoms with E-state index >= 15 is 0 Å². The zero-order valence-corrected chi connectivity index (χ0v) is 12.8. The molecule has 2 N–H and O–H groups in total. The molecule has 5 nitrogen and oxygen atoms in total. The number of hydrogen-bond donors (Lipinski definition) is 2. The lowest BCUT2D eigenvalue weighted by Crippen LogP contribution is -2.26. The van der Waals surface area contributed by atoms with Crippen molar-refractivity contribution in [3.05, 3.63) is 23.8 Å². The number of carbonyl (C=O) groups excluding carboxylic acids is 1. The topological polar surface area (TPSA) is 59.6 Å². The van der Waals surface area contributed by atoms with Crippen LogP contribution in [0.1, 0.15) is 31.7 Å². The van der Waals surface area contributed by atoms with Gasteiger partial charge in [-0.3, -0.25) is 4.79 Å². The molecular formula is C16H24N2O3. The van der Waals surface area contributed by atoms with Gasteiger partial charge in [-0.1, -0.05) is 6.07 Å². The first kappa shape index (κ1) is 15.6. The van der Waals surface area contributed by atoms with Crippen LogP contribution in [0.2, 0.25) is 0 Å². The standard InChI is InChI=1S/C16H24N2O3/c1-3-20-15-10-12(11-17-2)4-7-14(15)21-9-8-16(19)18-13-5-6-13/h4,7,10,13,17H,3,5-6,8-9,11H2,1-2H3,(H,18,19). The number of amides is 1. The van der Waals surface area contributed by atoms with Crippen LogP contribution in [0.25, 0.3) is 0 Å². The molecule has 0 aliphatic heterocycles. The van der Waals surface area contributed by atoms with E-state index in [1.165, 1.54) is 0 Å². The van der Waals surface area contributed by atoms with Gasteiger partial charge in [0.2, 0.25) is 5.91 Å². The third-order valence-electron chi connectivity index (χ3n) is 3.22. The molecule has 0 radical (unpaired) electrons. The molecule has 21 heavy (non-hydrogen) atoms. The van der Waals surface area contributed by atoms with E-state index in [-0.39, 0.29) is 5.91 Å². The molecule has 0 unspecified atom stereocenters. The summed E-state index contributed by atoms with van der Waals surface area (Å²) in [7, 11) is 1.91. The van der Waals surface area contributed by atoms with E-state index in [1.807, 2.05) is 32.2 Å². The molecule has 2 rings (SSSR count). The van der Waals surface area contributed by atoms with E-state index < -0.39 is 0 Å². The second kappa shape index (κ2) is 7.88. The fraction of sp³-hybridized carbons (Fsp3) is 0.562. The second-order valence-electron chi connectivity index (χ2n) is 5.18. The van der Waals surface area contributed by atoms with Crippen molar-refractivity contribution in [2.24, 2.45) is 0 Å². The van der Waals surface area contributed by atoms with Gasteiger partial charge in [0.1, 0.15) is 0 Å². The zero-order valence-electron chi connectivity index (χ0n) is 12.8. The van der Waals surface area contributed by atoms with Crippen molar-refractivity contribution in [2.75, 3.05) is 20.3 Å². The van der Waals surface area contributed by atoms with Crippen molar-refractivity contribution < 1.29 is 14.3 Å². The summed E-state index contributed by atoms with van der Waals surface area (Å²) in [4.78, 5) is 11.6. The van der Waals surface area contributed by atoms with E-state index in [1.54, 1.807) is 0 Å². The maximum absolute atomic E-state index is 11.6. The number of ether oxygens (including phenoxy) is 2. The summed E-state index contributed by atoms with van der Waals surface area (Å²) in [5, 5.41) is 6.05. The van der Waals surface area contributed by atoms with Crippen LogP contribution in [0.15, 0.2) is 18.2 Å². The predicted octanol–water partition coefficient (Wildman–Crippen LogP) is 1.85. The van der Waals surface area contributed by atoms with E-state index in [4.69, 9.17) is 9.47 Å². The maximum Gasteiger partial charge on any atom is 0.223 e. The fourth-order valence-corrected chi connectivity index (χ4v) is 2.04. The molecule has 0 spiro atoms. The number of rotatable bonds is 9. The zero-order chi connectivity index (χ0) is 15.1. The first-order chi connectivity index (χ1) is 10.2. The molecule has 1 aliphatic rings. The molecule has 5 heteroatoms. The van der Waals surface area contributed by atoms with Crippen molar-refractivity contribution in [2.45, 2.75) is 38.8 Å². The first-order valence-electron chi connectivity index (χ1n) is 7.55. The normalized spacial score (nSPS) is 13.8. The Balaban J connectivity index is 1.86. The van der Waals surface area contributed by atoms with Crippen molar-refractivity contribution in [1.82, 2.24) is 10.6 Å². The number of nitrogens with one attached hydrogen (secondary N) is 2. The Hall–Kier alpha value is -1.75. The molecule has 1 fully saturated rings. The molecule has 1 aliphatic carbocycles. The molecule has 0 bridgehead atoms. The minimum atomic E-state index is 0.0577. The molecule has 1 amide bonds. The summed E-state index contributed by atoms with van der Waals surface area (Å²) in [6.07, 6.45) is 2.59. The predicted molar refractivity (Wildman–Crippen MR) is 81.7 cm³/mol. The molecule has 0 atom stereocenters. The van der Waals surface area contributed by atoms with Gasteiger partial charge in [-0.05, 0) is 44.5 Å². The minimum absolute atomic E-state index is 0.0577. The largest absolute Gasteiger partial charge is 0.490 e. The minimum Gasteiger partial charge on any atom is -0.490 e. The van der Waals surface area contributed by atoms with Gasteiger partial charge in [0.05, 0.1) is 19.6 Å². The quantitative estimate of drug-likeness (QED) is 0.729. The second-order valence-corrected chi connectivity index (χ2v) is 5.18. The summed E-state index contributed by atoms with van der Waals surface area (Å²) in [6.45, 7) is 3.67. The molecule has 0 saturated heterocycles. The van der Waals surface area contributed by atoms with Crippen molar-refractivity contribution >= 4 is 5.91 Å². The molecule has 0 heterocycles. The first-order valence-corrected chi connectivity index (χ1v) is 7.55. The van der Waals surface area contributed by atoms with Gasteiger partial charge >= 0.3 is 0 Å². The lowest BCUT2D eigenvalue weighted by Gasteiger charge is -2.13. The maximum atomic E-state index is 11.6. The highest BCUT2D eigenvalue weighted by Gasteiger charge is 2.22. The van der Waals surface area contributed by atoms with Gasteiger partial charge in [-0.15, -0.1) is 0 Å². The SMILES string of the molecule is CCOc1cc(CNC)ccc1OCCC(=O)NC1CC1. The molecule has 116 valence electrons. The monoisotopic (exact) mass is 292 g/mol. The Kier molecular flexibility index (Phi) is 5.87. The molecular weight excluding hydrogens is 268 g/mol. The van der Waals surface area contributed by atoms with Crippen LogP contribution < -0.4 is 20.1 Å². The molecule has 0 aromatic heterocycles. The van der Waals surface area contributed by atoms with Crippen LogP contribution in [0, 0.1) is 0 Å². The van der Waals surface area contributed by atoms with Crippen LogP contribution in [-0.4, -0.2) is 32.2 Å². The van der Waals surface area contributed by atoms with Gasteiger partial charge < -0.3 is 20.1 Å². The van der Waals surface area contributed by atoms with E-state index in [0.717, 1.165) is 30.7 Å². The van der Waals surface area contributed by atoms with Crippen molar-refractivity contribution in [3.63, 3.8) is 0 Å². The fourth-order valence-electron chi connectivity index (χ4n) is 2.04. The lowest BCUT2D eigenvalue weighted by atomic mass is 10.2. The summed E-state index contributed by atoms with van der Waals surface area (Å²) in [5.41, 5.74) is 1.14. The highest BCUT2D eigenvalue weighted by Crippen LogP contribution is 2.28. The molecule has 1 aromatic carbocycles. The van der Waals surface area contributed by atoms with Crippen LogP contribution in [0.3, 0.4) is 0 Å². The van der Waals surface area contributed by atoms with Crippen molar-refractivity contribution in [3.8, 4) is 11.5 Å². The number of carbonyl (C=O) groups is 1. The van der Waals surface area contributed by atoms with Crippen LogP contribution >= 0.6 is 0 Å². The van der Waals surface area contributed by atoms with Gasteiger partial charge in [-0.2, -0.15) is 0 Å². The Labute approximate surface area is 126 Å². The van der Waals surface area contributed by atoms with E-state index in [0.29, 0.717) is 31.4 Å². The average Bonchev–Trinajstić information content (AvgIpc) is 3.26. The Morgan fingerprint density at radius 2 is 2.10 bits per heavy atom. The smallest absolute Gasteiger partial charge is 0.223 e. The number of benzene rings is 1. The summed E-state index contributed by atoms with van der Waals surface area (Å²) >= 11 is 0. The Morgan fingerprint density at radius 3 is 2.76 bits per heavy atom. The van der Waals surface area contributed by atoms with Crippen LogP contribution in [-0.2, 0) is 11.3 Å². The van der Waals surface area contributed by atoms with Gasteiger partial charge in [0.15, 0.2) is 11.5 Å². The van der Waals surface area contributed by atoms with Crippen molar-refractivity contribution in [1.29, 1.82) is 0 Å². The van der Waals surface area contributed by atoms with Crippen LogP contribution in [0.5, 0.6) is 11.5 Å². The summed E-state index contributed by atoms with van der Waals surface area (Å²) in [6, 6.07) is 6.27. The highest BCUT2D eigenvalue weighted by atomic mass is 16.5. The number of hydrogen-bond acceptors (Lipinski definition) is 4. The van der Waals surface area contributed by atoms with E-state index in [2.05, 4.69) is 10.6 Å². The lowest BCUT2D eigenvalue weighted by molar-refractivity contribution is -0.121. The summed E-state index contributed by atoms with van der Waals surface area (Å²) in [5.74, 6) is 1.48. The third kappa shape index (κ3) is 5.27. The van der Waals surface area contributed by atoms with Crippen LogP contribution in [0.4, 0.5) is 0 Å². The molecule has 1 aromatic rings. The highest BCUT2D eigenvalue weighted by molar-refractivity contribution is 5.76. The summed E-state index contributed by atoms with van der Waals surface area (Å²) < 4.78 is 11.3. The van der Waals surface area contributed by atoms with Gasteiger partial charge in [0.25, 0.3) is 0 Å². The Morgan fingerprint density at radius 1 is 1.29 bits per heavy atom. The molecule has 1 saturated carbocycles. The van der Waals surface area contributed by atoms with Gasteiger partial charge in [-0.25, -0.2) is 0 Å². The third-order valence-corrected chi connectivity index (χ3v) is 3.22. The average molecular weight is 292 g/mol. The van der Waals surface area contributed by atoms with E-state index in [9.17, 15) is 4.79 Å². The van der Waals surface area contributed by atoms with Gasteiger partial charge in [0, 0.05) is 12.6 Å². The Bertz CT molecular complexity index is 473.